The molecule has 0 fully saturated rings. The lowest BCUT2D eigenvalue weighted by molar-refractivity contribution is -0.142. The summed E-state index contributed by atoms with van der Waals surface area (Å²) in [5.74, 6) is -0.306. The van der Waals surface area contributed by atoms with Gasteiger partial charge in [0.1, 0.15) is 4.85 Å². The summed E-state index contributed by atoms with van der Waals surface area (Å²) in [6, 6.07) is 0. The van der Waals surface area contributed by atoms with Crippen molar-refractivity contribution in [2.24, 2.45) is 0 Å². The van der Waals surface area contributed by atoms with E-state index in [1.165, 1.54) is 6.08 Å². The Balaban J connectivity index is 5.03. The lowest BCUT2D eigenvalue weighted by Gasteiger charge is -2.35. The molecule has 4 nitrogen and oxygen atoms in total. The fourth-order valence-electron chi connectivity index (χ4n) is 1.38. The molecule has 0 aliphatic rings. The van der Waals surface area contributed by atoms with Crippen LogP contribution in [0.1, 0.15) is 13.3 Å². The fraction of sp³-hybridized carbons (Fsp3) is 0.692. The van der Waals surface area contributed by atoms with E-state index in [4.69, 9.17) is 13.0 Å². The van der Waals surface area contributed by atoms with Crippen LogP contribution in [-0.2, 0) is 17.8 Å². The Labute approximate surface area is 136 Å². The number of hydrogen-bond donors (Lipinski definition) is 0. The highest BCUT2D eigenvalue weighted by Gasteiger charge is 2.37. The van der Waals surface area contributed by atoms with Gasteiger partial charge in [-0.3, -0.25) is 0 Å². The fourth-order valence-corrected chi connectivity index (χ4v) is 9.81. The van der Waals surface area contributed by atoms with Crippen molar-refractivity contribution in [2.45, 2.75) is 57.5 Å². The number of esters is 1. The summed E-state index contributed by atoms with van der Waals surface area (Å²) in [6.07, 6.45) is 3.69. The van der Waals surface area contributed by atoms with Gasteiger partial charge in [0.2, 0.25) is 0 Å². The predicted molar refractivity (Wildman–Crippen MR) is 99.6 cm³/mol. The number of allylic oxidation sites excluding steroid dienone is 1. The first-order valence-electron chi connectivity index (χ1n) is 7.36. The second-order valence-electron chi connectivity index (χ2n) is 7.16. The van der Waals surface area contributed by atoms with Crippen molar-refractivity contribution in [2.75, 3.05) is 0 Å². The summed E-state index contributed by atoms with van der Waals surface area (Å²) in [4.78, 5) is 11.4. The first kappa shape index (κ1) is 21.0. The van der Waals surface area contributed by atoms with Crippen LogP contribution in [0.2, 0.25) is 39.3 Å². The summed E-state index contributed by atoms with van der Waals surface area (Å²) < 4.78 is 18.0. The smallest absolute Gasteiger partial charge is 0.330 e. The van der Waals surface area contributed by atoms with Gasteiger partial charge in [0.05, 0.1) is 0 Å². The topological polar surface area (TPSA) is 44.8 Å². The normalized spacial score (nSPS) is 17.1. The molecule has 0 spiro atoms. The van der Waals surface area contributed by atoms with Gasteiger partial charge in [0, 0.05) is 6.08 Å². The second-order valence-corrected chi connectivity index (χ2v) is 22.1. The summed E-state index contributed by atoms with van der Waals surface area (Å²) in [5, 5.41) is 0. The molecule has 8 heteroatoms. The highest BCUT2D eigenvalue weighted by molar-refractivity contribution is 6.78. The first-order chi connectivity index (χ1) is 9.43. The van der Waals surface area contributed by atoms with Gasteiger partial charge < -0.3 is 13.0 Å². The average Bonchev–Trinajstić information content (AvgIpc) is 2.31. The van der Waals surface area contributed by atoms with Crippen molar-refractivity contribution in [1.29, 1.82) is 0 Å². The SMILES string of the molecule is [CH2]CC(OC(=O)C=CC)([SiH2]O[Si](C)(C)C)[SiH2]O[Si](C)(C)C. The van der Waals surface area contributed by atoms with Gasteiger partial charge in [-0.1, -0.05) is 6.08 Å². The summed E-state index contributed by atoms with van der Waals surface area (Å²) in [7, 11) is -5.32. The third-order valence-corrected chi connectivity index (χ3v) is 14.0. The van der Waals surface area contributed by atoms with Crippen molar-refractivity contribution in [1.82, 2.24) is 0 Å². The molecule has 0 N–H and O–H groups in total. The third kappa shape index (κ3) is 10.4. The van der Waals surface area contributed by atoms with Crippen LogP contribution in [0.4, 0.5) is 0 Å². The van der Waals surface area contributed by atoms with Gasteiger partial charge in [-0.05, 0) is 59.6 Å². The number of ether oxygens (including phenoxy) is 1. The summed E-state index contributed by atoms with van der Waals surface area (Å²) >= 11 is 0. The van der Waals surface area contributed by atoms with E-state index < -0.39 is 41.0 Å². The summed E-state index contributed by atoms with van der Waals surface area (Å²) in [6.45, 7) is 18.7. The lowest BCUT2D eigenvalue weighted by Crippen LogP contribution is -2.53. The maximum atomic E-state index is 11.9. The van der Waals surface area contributed by atoms with Crippen molar-refractivity contribution in [3.8, 4) is 0 Å². The second kappa shape index (κ2) is 8.58. The quantitative estimate of drug-likeness (QED) is 0.356. The maximum absolute atomic E-state index is 11.9. The molecule has 0 aromatic rings. The van der Waals surface area contributed by atoms with Gasteiger partial charge in [0.25, 0.3) is 0 Å². The molecule has 0 bridgehead atoms. The zero-order chi connectivity index (χ0) is 16.7. The zero-order valence-electron chi connectivity index (χ0n) is 14.6. The van der Waals surface area contributed by atoms with Gasteiger partial charge in [-0.2, -0.15) is 0 Å². The Bertz CT molecular complexity index is 340. The molecular formula is C13H31O4Si4. The van der Waals surface area contributed by atoms with E-state index in [2.05, 4.69) is 46.2 Å². The van der Waals surface area contributed by atoms with E-state index in [0.717, 1.165) is 0 Å². The first-order valence-corrected chi connectivity index (χ1v) is 16.7. The van der Waals surface area contributed by atoms with Gasteiger partial charge in [-0.15, -0.1) is 0 Å². The maximum Gasteiger partial charge on any atom is 0.330 e. The Morgan fingerprint density at radius 3 is 1.81 bits per heavy atom. The number of hydrogen-bond acceptors (Lipinski definition) is 4. The summed E-state index contributed by atoms with van der Waals surface area (Å²) in [5.41, 5.74) is 0. The van der Waals surface area contributed by atoms with Crippen LogP contribution >= 0.6 is 0 Å². The molecule has 0 amide bonds. The monoisotopic (exact) mass is 363 g/mol. The minimum Gasteiger partial charge on any atom is -0.459 e. The van der Waals surface area contributed by atoms with Crippen LogP contribution in [0, 0.1) is 6.92 Å². The minimum absolute atomic E-state index is 0.306. The van der Waals surface area contributed by atoms with Crippen LogP contribution in [0.5, 0.6) is 0 Å². The van der Waals surface area contributed by atoms with Crippen LogP contribution in [0.3, 0.4) is 0 Å². The van der Waals surface area contributed by atoms with Crippen molar-refractivity contribution >= 4 is 42.1 Å². The average molecular weight is 364 g/mol. The Morgan fingerprint density at radius 2 is 1.52 bits per heavy atom. The van der Waals surface area contributed by atoms with Gasteiger partial charge in [-0.25, -0.2) is 4.79 Å². The van der Waals surface area contributed by atoms with Crippen molar-refractivity contribution in [3.63, 3.8) is 0 Å². The molecule has 0 atom stereocenters. The van der Waals surface area contributed by atoms with Crippen molar-refractivity contribution in [3.05, 3.63) is 19.1 Å². The molecule has 0 aromatic carbocycles. The van der Waals surface area contributed by atoms with E-state index >= 15 is 0 Å². The van der Waals surface area contributed by atoms with Crippen LogP contribution in [0.25, 0.3) is 0 Å². The number of rotatable bonds is 9. The molecule has 0 saturated carbocycles. The molecule has 0 unspecified atom stereocenters. The molecule has 21 heavy (non-hydrogen) atoms. The highest BCUT2D eigenvalue weighted by Crippen LogP contribution is 2.19. The van der Waals surface area contributed by atoms with E-state index in [0.29, 0.717) is 6.42 Å². The van der Waals surface area contributed by atoms with E-state index in [-0.39, 0.29) is 5.97 Å². The van der Waals surface area contributed by atoms with Gasteiger partial charge in [0.15, 0.2) is 36.2 Å². The molecule has 123 valence electrons. The number of carbonyl (C=O) groups is 1. The lowest BCUT2D eigenvalue weighted by atomic mass is 10.5. The predicted octanol–water partition coefficient (Wildman–Crippen LogP) is 1.85. The molecule has 0 aromatic heterocycles. The molecule has 0 rings (SSSR count). The molecule has 0 aliphatic carbocycles. The van der Waals surface area contributed by atoms with E-state index in [1.807, 2.05) is 0 Å². The highest BCUT2D eigenvalue weighted by atomic mass is 28.4. The Kier molecular flexibility index (Phi) is 8.58. The van der Waals surface area contributed by atoms with Crippen LogP contribution < -0.4 is 0 Å². The molecular weight excluding hydrogens is 332 g/mol. The van der Waals surface area contributed by atoms with Gasteiger partial charge >= 0.3 is 5.97 Å². The molecule has 0 aliphatic heterocycles. The minimum atomic E-state index is -1.63. The third-order valence-electron chi connectivity index (χ3n) is 2.61. The van der Waals surface area contributed by atoms with E-state index in [9.17, 15) is 4.79 Å². The molecule has 1 radical (unpaired) electrons. The largest absolute Gasteiger partial charge is 0.459 e. The molecule has 0 heterocycles. The Hall–Kier alpha value is -0.00247. The van der Waals surface area contributed by atoms with E-state index in [1.54, 1.807) is 13.0 Å². The van der Waals surface area contributed by atoms with Crippen molar-refractivity contribution < 1.29 is 17.8 Å². The standard InChI is InChI=1S/C13H31O4Si4/c1-9-11-12(14)15-13(10-2,18-16-20(3,4)5)19-17-21(6,7)8/h9,11H,2,10,18-19H2,1,3-8H3. The van der Waals surface area contributed by atoms with Crippen LogP contribution in [-0.4, -0.2) is 47.0 Å². The van der Waals surface area contributed by atoms with Crippen LogP contribution in [0.15, 0.2) is 12.2 Å². The Morgan fingerprint density at radius 1 is 1.10 bits per heavy atom. The molecule has 0 saturated heterocycles. The number of carbonyl (C=O) groups excluding carboxylic acids is 1. The zero-order valence-corrected chi connectivity index (χ0v) is 19.4.